The van der Waals surface area contributed by atoms with Gasteiger partial charge in [0.25, 0.3) is 0 Å². The number of hydrogen-bond acceptors (Lipinski definition) is 4. The third-order valence-corrected chi connectivity index (χ3v) is 1.26. The van der Waals surface area contributed by atoms with Crippen LogP contribution < -0.4 is 5.73 Å². The second-order valence-corrected chi connectivity index (χ2v) is 3.38. The van der Waals surface area contributed by atoms with Crippen molar-refractivity contribution in [3.63, 3.8) is 0 Å². The quantitative estimate of drug-likeness (QED) is 0.376. The molecule has 0 saturated carbocycles. The van der Waals surface area contributed by atoms with E-state index in [-0.39, 0.29) is 5.75 Å². The number of hydrogen-bond donors (Lipinski definition) is 4. The second kappa shape index (κ2) is 4.80. The zero-order valence-corrected chi connectivity index (χ0v) is 8.19. The summed E-state index contributed by atoms with van der Waals surface area (Å²) in [5.41, 5.74) is 7.09. The van der Waals surface area contributed by atoms with Crippen LogP contribution in [-0.4, -0.2) is 22.6 Å². The van der Waals surface area contributed by atoms with Gasteiger partial charge in [-0.25, -0.2) is 0 Å². The van der Waals surface area contributed by atoms with Gasteiger partial charge in [-0.3, -0.25) is 9.11 Å². The lowest BCUT2D eigenvalue weighted by atomic mass is 10.2. The van der Waals surface area contributed by atoms with E-state index in [0.29, 0.717) is 5.69 Å². The van der Waals surface area contributed by atoms with E-state index in [9.17, 15) is 0 Å². The van der Waals surface area contributed by atoms with E-state index in [0.717, 1.165) is 5.56 Å². The molecule has 0 unspecified atom stereocenters. The van der Waals surface area contributed by atoms with Gasteiger partial charge in [-0.2, -0.15) is 8.42 Å². The maximum absolute atomic E-state index is 8.86. The molecule has 1 aromatic rings. The Morgan fingerprint density at radius 2 is 1.71 bits per heavy atom. The molecule has 0 aliphatic carbocycles. The van der Waals surface area contributed by atoms with Gasteiger partial charge in [-0.05, 0) is 18.6 Å². The molecular weight excluding hydrogens is 210 g/mol. The van der Waals surface area contributed by atoms with Crippen molar-refractivity contribution in [2.75, 3.05) is 5.73 Å². The third kappa shape index (κ3) is 7.35. The van der Waals surface area contributed by atoms with Crippen LogP contribution in [0.3, 0.4) is 0 Å². The normalized spacial score (nSPS) is 10.2. The number of anilines is 1. The Bertz CT molecular complexity index is 393. The molecule has 0 aromatic heterocycles. The molecule has 6 nitrogen and oxygen atoms in total. The third-order valence-electron chi connectivity index (χ3n) is 1.26. The highest BCUT2D eigenvalue weighted by atomic mass is 32.3. The molecule has 7 heteroatoms. The number of nitrogens with two attached hydrogens (primary N) is 1. The van der Waals surface area contributed by atoms with E-state index in [1.165, 1.54) is 6.07 Å². The van der Waals surface area contributed by atoms with Crippen LogP contribution in [0.4, 0.5) is 5.69 Å². The first kappa shape index (κ1) is 12.7. The molecule has 14 heavy (non-hydrogen) atoms. The molecule has 0 spiro atoms. The molecule has 1 rings (SSSR count). The second-order valence-electron chi connectivity index (χ2n) is 2.49. The highest BCUT2D eigenvalue weighted by Crippen LogP contribution is 2.16. The molecule has 1 aromatic carbocycles. The van der Waals surface area contributed by atoms with Gasteiger partial charge in [0.15, 0.2) is 0 Å². The summed E-state index contributed by atoms with van der Waals surface area (Å²) in [4.78, 5) is 0. The summed E-state index contributed by atoms with van der Waals surface area (Å²) < 4.78 is 31.6. The summed E-state index contributed by atoms with van der Waals surface area (Å²) in [6.45, 7) is 1.90. The van der Waals surface area contributed by atoms with Crippen LogP contribution in [0.2, 0.25) is 0 Å². The zero-order valence-electron chi connectivity index (χ0n) is 7.38. The van der Waals surface area contributed by atoms with Crippen molar-refractivity contribution < 1.29 is 22.6 Å². The van der Waals surface area contributed by atoms with E-state index in [1.54, 1.807) is 12.1 Å². The Morgan fingerprint density at radius 3 is 2.00 bits per heavy atom. The van der Waals surface area contributed by atoms with E-state index in [4.69, 9.17) is 28.4 Å². The minimum atomic E-state index is -4.67. The van der Waals surface area contributed by atoms with E-state index < -0.39 is 10.4 Å². The van der Waals surface area contributed by atoms with Crippen molar-refractivity contribution in [3.8, 4) is 5.75 Å². The minimum absolute atomic E-state index is 0.220. The summed E-state index contributed by atoms with van der Waals surface area (Å²) >= 11 is 0. The summed E-state index contributed by atoms with van der Waals surface area (Å²) in [7, 11) is -4.67. The minimum Gasteiger partial charge on any atom is -0.508 e. The van der Waals surface area contributed by atoms with E-state index in [1.807, 2.05) is 6.92 Å². The number of rotatable bonds is 0. The number of aryl methyl sites for hydroxylation is 1. The smallest absolute Gasteiger partial charge is 0.394 e. The van der Waals surface area contributed by atoms with Crippen molar-refractivity contribution in [2.24, 2.45) is 0 Å². The summed E-state index contributed by atoms with van der Waals surface area (Å²) in [5, 5.41) is 8.86. The van der Waals surface area contributed by atoms with Crippen molar-refractivity contribution in [1.29, 1.82) is 0 Å². The van der Waals surface area contributed by atoms with Gasteiger partial charge in [0.1, 0.15) is 5.75 Å². The van der Waals surface area contributed by atoms with Crippen LogP contribution in [0, 0.1) is 6.92 Å². The van der Waals surface area contributed by atoms with Gasteiger partial charge >= 0.3 is 10.4 Å². The van der Waals surface area contributed by atoms with Gasteiger partial charge in [0.2, 0.25) is 0 Å². The average Bonchev–Trinajstić information content (AvgIpc) is 1.94. The Hall–Kier alpha value is -1.31. The summed E-state index contributed by atoms with van der Waals surface area (Å²) in [6.07, 6.45) is 0. The lowest BCUT2D eigenvalue weighted by Crippen LogP contribution is -1.89. The number of nitrogen functional groups attached to an aromatic ring is 1. The fraction of sp³-hybridized carbons (Fsp3) is 0.143. The molecule has 0 aliphatic rings. The van der Waals surface area contributed by atoms with Crippen LogP contribution in [-0.2, 0) is 10.4 Å². The van der Waals surface area contributed by atoms with Gasteiger partial charge in [-0.15, -0.1) is 0 Å². The Kier molecular flexibility index (Phi) is 4.35. The van der Waals surface area contributed by atoms with Gasteiger partial charge in [0, 0.05) is 11.8 Å². The first-order chi connectivity index (χ1) is 6.20. The van der Waals surface area contributed by atoms with Crippen LogP contribution >= 0.6 is 0 Å². The zero-order chi connectivity index (χ0) is 11.4. The van der Waals surface area contributed by atoms with E-state index >= 15 is 0 Å². The van der Waals surface area contributed by atoms with Crippen LogP contribution in [0.1, 0.15) is 5.56 Å². The predicted octanol–water partition coefficient (Wildman–Crippen LogP) is 0.630. The molecule has 0 aliphatic heterocycles. The van der Waals surface area contributed by atoms with Crippen molar-refractivity contribution in [1.82, 2.24) is 0 Å². The maximum atomic E-state index is 8.86. The van der Waals surface area contributed by atoms with Crippen molar-refractivity contribution in [3.05, 3.63) is 23.8 Å². The number of benzene rings is 1. The van der Waals surface area contributed by atoms with E-state index in [2.05, 4.69) is 0 Å². The van der Waals surface area contributed by atoms with Gasteiger partial charge in [-0.1, -0.05) is 6.07 Å². The molecule has 0 bridgehead atoms. The molecule has 0 amide bonds. The number of phenols is 1. The Morgan fingerprint density at radius 1 is 1.29 bits per heavy atom. The number of aromatic hydroxyl groups is 1. The molecular formula is C7H11NO5S. The fourth-order valence-corrected chi connectivity index (χ4v) is 0.628. The molecule has 80 valence electrons. The topological polar surface area (TPSA) is 121 Å². The molecule has 0 fully saturated rings. The lowest BCUT2D eigenvalue weighted by Gasteiger charge is -1.97. The molecule has 0 saturated heterocycles. The first-order valence-corrected chi connectivity index (χ1v) is 4.85. The van der Waals surface area contributed by atoms with Crippen LogP contribution in [0.25, 0.3) is 0 Å². The first-order valence-electron chi connectivity index (χ1n) is 3.45. The largest absolute Gasteiger partial charge is 0.508 e. The lowest BCUT2D eigenvalue weighted by molar-refractivity contribution is 0.381. The highest BCUT2D eigenvalue weighted by molar-refractivity contribution is 7.79. The molecule has 5 N–H and O–H groups in total. The number of phenolic OH excluding ortho intramolecular Hbond substituents is 1. The summed E-state index contributed by atoms with van der Waals surface area (Å²) in [5.74, 6) is 0.220. The Labute approximate surface area is 81.6 Å². The standard InChI is InChI=1S/C7H9NO.H2O4S/c1-5-2-3-6(9)4-7(5)8;1-5(2,3)4/h2-4,9H,8H2,1H3;(H2,1,2,3,4). The predicted molar refractivity (Wildman–Crippen MR) is 51.4 cm³/mol. The van der Waals surface area contributed by atoms with Crippen molar-refractivity contribution in [2.45, 2.75) is 6.92 Å². The maximum Gasteiger partial charge on any atom is 0.394 e. The van der Waals surface area contributed by atoms with Crippen molar-refractivity contribution >= 4 is 16.1 Å². The fourth-order valence-electron chi connectivity index (χ4n) is 0.628. The van der Waals surface area contributed by atoms with Crippen LogP contribution in [0.15, 0.2) is 18.2 Å². The molecule has 0 radical (unpaired) electrons. The Balaban J connectivity index is 0.000000292. The summed E-state index contributed by atoms with van der Waals surface area (Å²) in [6, 6.07) is 4.94. The van der Waals surface area contributed by atoms with Gasteiger partial charge < -0.3 is 10.8 Å². The average molecular weight is 221 g/mol. The molecule has 0 atom stereocenters. The van der Waals surface area contributed by atoms with Gasteiger partial charge in [0.05, 0.1) is 0 Å². The SMILES string of the molecule is Cc1ccc(O)cc1N.O=S(=O)(O)O. The molecule has 0 heterocycles. The van der Waals surface area contributed by atoms with Crippen LogP contribution in [0.5, 0.6) is 5.75 Å². The monoisotopic (exact) mass is 221 g/mol. The highest BCUT2D eigenvalue weighted by Gasteiger charge is 1.91.